The molecular weight excluding hydrogens is 464 g/mol. The Labute approximate surface area is 210 Å². The fraction of sp³-hybridized carbons (Fsp3) is 0.480. The van der Waals surface area contributed by atoms with Crippen LogP contribution in [0.15, 0.2) is 36.8 Å². The number of amides is 4. The number of benzene rings is 1. The van der Waals surface area contributed by atoms with Gasteiger partial charge in [-0.15, -0.1) is 0 Å². The van der Waals surface area contributed by atoms with Gasteiger partial charge in [0.05, 0.1) is 36.6 Å². The van der Waals surface area contributed by atoms with Gasteiger partial charge in [-0.2, -0.15) is 0 Å². The number of aliphatic hydroxyl groups excluding tert-OH is 1. The Morgan fingerprint density at radius 2 is 2.03 bits per heavy atom. The summed E-state index contributed by atoms with van der Waals surface area (Å²) in [6.07, 6.45) is 3.70. The minimum absolute atomic E-state index is 0.0298. The van der Waals surface area contributed by atoms with Gasteiger partial charge < -0.3 is 30.3 Å². The van der Waals surface area contributed by atoms with Gasteiger partial charge in [0.1, 0.15) is 11.8 Å². The van der Waals surface area contributed by atoms with E-state index >= 15 is 0 Å². The number of nitrogens with one attached hydrogen (secondary N) is 2. The summed E-state index contributed by atoms with van der Waals surface area (Å²) in [5, 5.41) is 15.4. The van der Waals surface area contributed by atoms with Crippen molar-refractivity contribution < 1.29 is 24.2 Å². The van der Waals surface area contributed by atoms with Gasteiger partial charge in [0.2, 0.25) is 0 Å². The molecule has 11 heteroatoms. The number of carbonyl (C=O) groups is 3. The third-order valence-corrected chi connectivity index (χ3v) is 5.95. The number of para-hydroxylation sites is 1. The van der Waals surface area contributed by atoms with Gasteiger partial charge >= 0.3 is 6.03 Å². The molecule has 0 saturated carbocycles. The van der Waals surface area contributed by atoms with Gasteiger partial charge in [-0.1, -0.05) is 13.0 Å². The molecule has 3 N–H and O–H groups in total. The summed E-state index contributed by atoms with van der Waals surface area (Å²) in [5.74, 6) is -0.829. The van der Waals surface area contributed by atoms with Gasteiger partial charge in [0.15, 0.2) is 5.75 Å². The van der Waals surface area contributed by atoms with Crippen LogP contribution in [-0.4, -0.2) is 87.7 Å². The molecule has 1 aliphatic rings. The minimum Gasteiger partial charge on any atom is -0.485 e. The Kier molecular flexibility index (Phi) is 8.81. The molecule has 0 radical (unpaired) electrons. The predicted octanol–water partition coefficient (Wildman–Crippen LogP) is 2.00. The van der Waals surface area contributed by atoms with Crippen LogP contribution < -0.4 is 15.4 Å². The maximum atomic E-state index is 13.5. The zero-order chi connectivity index (χ0) is 26.4. The maximum Gasteiger partial charge on any atom is 0.317 e. The summed E-state index contributed by atoms with van der Waals surface area (Å²) in [6.45, 7) is 7.80. The second-order valence-electron chi connectivity index (χ2n) is 9.33. The van der Waals surface area contributed by atoms with Crippen molar-refractivity contribution in [3.63, 3.8) is 0 Å². The highest BCUT2D eigenvalue weighted by molar-refractivity contribution is 6.06. The van der Waals surface area contributed by atoms with E-state index in [0.717, 1.165) is 0 Å². The number of hydrogen-bond donors (Lipinski definition) is 3. The molecule has 0 aliphatic carbocycles. The van der Waals surface area contributed by atoms with Crippen LogP contribution in [0.4, 0.5) is 10.5 Å². The van der Waals surface area contributed by atoms with Crippen LogP contribution in [0, 0.1) is 5.92 Å². The van der Waals surface area contributed by atoms with Crippen molar-refractivity contribution in [1.29, 1.82) is 0 Å². The lowest BCUT2D eigenvalue weighted by Crippen LogP contribution is -2.51. The first kappa shape index (κ1) is 26.9. The molecule has 4 amide bonds. The molecule has 1 aliphatic heterocycles. The van der Waals surface area contributed by atoms with Crippen LogP contribution in [-0.2, 0) is 0 Å². The van der Waals surface area contributed by atoms with Crippen molar-refractivity contribution in [2.45, 2.75) is 45.9 Å². The highest BCUT2D eigenvalue weighted by Crippen LogP contribution is 2.35. The second-order valence-corrected chi connectivity index (χ2v) is 9.33. The van der Waals surface area contributed by atoms with Crippen molar-refractivity contribution in [2.75, 3.05) is 32.1 Å². The van der Waals surface area contributed by atoms with Crippen LogP contribution in [0.3, 0.4) is 0 Å². The summed E-state index contributed by atoms with van der Waals surface area (Å²) in [5.41, 5.74) is 0.651. The Hall–Kier alpha value is -3.73. The van der Waals surface area contributed by atoms with Gasteiger partial charge in [0, 0.05) is 37.9 Å². The van der Waals surface area contributed by atoms with Gasteiger partial charge in [-0.3, -0.25) is 14.6 Å². The minimum atomic E-state index is -0.511. The number of urea groups is 1. The Morgan fingerprint density at radius 1 is 1.28 bits per heavy atom. The first-order valence-electron chi connectivity index (χ1n) is 11.9. The van der Waals surface area contributed by atoms with Crippen LogP contribution in [0.25, 0.3) is 0 Å². The average molecular weight is 499 g/mol. The topological polar surface area (TPSA) is 137 Å². The van der Waals surface area contributed by atoms with Crippen LogP contribution in [0.1, 0.15) is 48.5 Å². The number of nitrogens with zero attached hydrogens (tertiary/aromatic N) is 4. The fourth-order valence-corrected chi connectivity index (χ4v) is 3.87. The molecule has 0 saturated heterocycles. The molecular formula is C25H34N6O5. The Balaban J connectivity index is 2.00. The molecule has 194 valence electrons. The number of hydrogen-bond acceptors (Lipinski definition) is 7. The number of aliphatic hydroxyl groups is 1. The third kappa shape index (κ3) is 6.28. The van der Waals surface area contributed by atoms with Crippen molar-refractivity contribution in [2.24, 2.45) is 5.92 Å². The lowest BCUT2D eigenvalue weighted by atomic mass is 9.99. The Bertz CT molecular complexity index is 1080. The summed E-state index contributed by atoms with van der Waals surface area (Å²) >= 11 is 0. The van der Waals surface area contributed by atoms with Crippen molar-refractivity contribution in [1.82, 2.24) is 25.1 Å². The monoisotopic (exact) mass is 498 g/mol. The number of anilines is 1. The van der Waals surface area contributed by atoms with E-state index in [-0.39, 0.29) is 54.1 Å². The van der Waals surface area contributed by atoms with E-state index in [1.54, 1.807) is 37.1 Å². The molecule has 36 heavy (non-hydrogen) atoms. The lowest BCUT2D eigenvalue weighted by Gasteiger charge is -2.38. The molecule has 0 unspecified atom stereocenters. The maximum absolute atomic E-state index is 13.5. The lowest BCUT2D eigenvalue weighted by molar-refractivity contribution is 0.0368. The quantitative estimate of drug-likeness (QED) is 0.531. The molecule has 3 rings (SSSR count). The highest BCUT2D eigenvalue weighted by atomic mass is 16.5. The number of aromatic nitrogens is 2. The first-order chi connectivity index (χ1) is 17.1. The van der Waals surface area contributed by atoms with Crippen molar-refractivity contribution >= 4 is 23.5 Å². The van der Waals surface area contributed by atoms with Crippen LogP contribution in [0.2, 0.25) is 0 Å². The van der Waals surface area contributed by atoms with Crippen LogP contribution in [0.5, 0.6) is 5.75 Å². The predicted molar refractivity (Wildman–Crippen MR) is 134 cm³/mol. The zero-order valence-electron chi connectivity index (χ0n) is 21.3. The molecule has 11 nitrogen and oxygen atoms in total. The largest absolute Gasteiger partial charge is 0.485 e. The third-order valence-electron chi connectivity index (χ3n) is 5.95. The van der Waals surface area contributed by atoms with Gasteiger partial charge in [-0.05, 0) is 32.9 Å². The summed E-state index contributed by atoms with van der Waals surface area (Å²) in [4.78, 5) is 50.0. The Morgan fingerprint density at radius 3 is 2.67 bits per heavy atom. The average Bonchev–Trinajstić information content (AvgIpc) is 2.86. The SMILES string of the molecule is CC(C)NC(=O)N(C)C[C@@H]1Oc2c(NC(=O)c3cnccn3)cccc2C(=O)N([C@H](C)CO)C[C@H]1C. The van der Waals surface area contributed by atoms with E-state index in [2.05, 4.69) is 20.6 Å². The molecule has 3 atom stereocenters. The molecule has 1 aromatic heterocycles. The van der Waals surface area contributed by atoms with Gasteiger partial charge in [-0.25, -0.2) is 9.78 Å². The molecule has 1 aromatic carbocycles. The summed E-state index contributed by atoms with van der Waals surface area (Å²) < 4.78 is 6.39. The van der Waals surface area contributed by atoms with Crippen LogP contribution >= 0.6 is 0 Å². The normalized spacial score (nSPS) is 18.4. The van der Waals surface area contributed by atoms with E-state index in [4.69, 9.17) is 4.74 Å². The molecule has 0 fully saturated rings. The number of likely N-dealkylation sites (N-methyl/N-ethyl adjacent to an activating group) is 1. The number of rotatable bonds is 7. The van der Waals surface area contributed by atoms with E-state index in [1.165, 1.54) is 23.5 Å². The number of fused-ring (bicyclic) bond motifs is 1. The van der Waals surface area contributed by atoms with E-state index in [9.17, 15) is 19.5 Å². The summed E-state index contributed by atoms with van der Waals surface area (Å²) in [6, 6.07) is 4.19. The van der Waals surface area contributed by atoms with Crippen molar-refractivity contribution in [3.05, 3.63) is 48.0 Å². The molecule has 0 spiro atoms. The molecule has 2 heterocycles. The first-order valence-corrected chi connectivity index (χ1v) is 11.9. The standard InChI is InChI=1S/C25H34N6O5/c1-15(2)28-25(35)30(5)13-21-16(3)12-31(17(4)14-32)24(34)18-7-6-8-19(22(18)36-21)29-23(33)20-11-26-9-10-27-20/h6-11,15-17,21,32H,12-14H2,1-5H3,(H,28,35)(H,29,33)/t16-,17-,21+/m1/s1. The number of carbonyl (C=O) groups excluding carboxylic acids is 3. The van der Waals surface area contributed by atoms with E-state index in [1.807, 2.05) is 20.8 Å². The van der Waals surface area contributed by atoms with Crippen molar-refractivity contribution in [3.8, 4) is 5.75 Å². The highest BCUT2D eigenvalue weighted by Gasteiger charge is 2.35. The second kappa shape index (κ2) is 11.8. The summed E-state index contributed by atoms with van der Waals surface area (Å²) in [7, 11) is 1.68. The molecule has 0 bridgehead atoms. The van der Waals surface area contributed by atoms with E-state index in [0.29, 0.717) is 12.2 Å². The zero-order valence-corrected chi connectivity index (χ0v) is 21.3. The number of ether oxygens (including phenoxy) is 1. The van der Waals surface area contributed by atoms with Gasteiger partial charge in [0.25, 0.3) is 11.8 Å². The smallest absolute Gasteiger partial charge is 0.317 e. The molecule has 2 aromatic rings. The fourth-order valence-electron chi connectivity index (χ4n) is 3.87. The van der Waals surface area contributed by atoms with E-state index < -0.39 is 18.1 Å².